The molecule has 102 valence electrons. The van der Waals surface area contributed by atoms with Crippen LogP contribution in [-0.4, -0.2) is 4.98 Å². The highest BCUT2D eigenvalue weighted by molar-refractivity contribution is 6.30. The Kier molecular flexibility index (Phi) is 3.43. The zero-order chi connectivity index (χ0) is 14.8. The van der Waals surface area contributed by atoms with E-state index >= 15 is 0 Å². The quantitative estimate of drug-likeness (QED) is 0.749. The normalized spacial score (nSPS) is 10.3. The number of anilines is 2. The smallest absolute Gasteiger partial charge is 0.132 e. The molecule has 0 unspecified atom stereocenters. The number of nitriles is 1. The SMILES string of the molecule is N#Cc1cc(Nc2cc(F)cc(Cl)c2)nc2ccccc12. The molecule has 0 fully saturated rings. The molecule has 0 atom stereocenters. The van der Waals surface area contributed by atoms with Gasteiger partial charge in [0.05, 0.1) is 17.1 Å². The van der Waals surface area contributed by atoms with E-state index in [2.05, 4.69) is 16.4 Å². The number of aromatic nitrogens is 1. The van der Waals surface area contributed by atoms with E-state index in [-0.39, 0.29) is 0 Å². The van der Waals surface area contributed by atoms with Gasteiger partial charge < -0.3 is 5.32 Å². The average Bonchev–Trinajstić information content (AvgIpc) is 2.45. The van der Waals surface area contributed by atoms with E-state index in [1.54, 1.807) is 12.1 Å². The first-order valence-electron chi connectivity index (χ1n) is 6.19. The van der Waals surface area contributed by atoms with Gasteiger partial charge in [-0.3, -0.25) is 0 Å². The van der Waals surface area contributed by atoms with Crippen molar-refractivity contribution in [3.8, 4) is 6.07 Å². The Morgan fingerprint density at radius 2 is 1.95 bits per heavy atom. The largest absolute Gasteiger partial charge is 0.340 e. The highest BCUT2D eigenvalue weighted by Crippen LogP contribution is 2.24. The van der Waals surface area contributed by atoms with Crippen LogP contribution in [0.2, 0.25) is 5.02 Å². The molecule has 0 saturated heterocycles. The van der Waals surface area contributed by atoms with Gasteiger partial charge in [0.2, 0.25) is 0 Å². The summed E-state index contributed by atoms with van der Waals surface area (Å²) in [6, 6.07) is 15.2. The Bertz CT molecular complexity index is 851. The molecule has 1 heterocycles. The third-order valence-corrected chi connectivity index (χ3v) is 3.19. The maximum atomic E-state index is 13.3. The van der Waals surface area contributed by atoms with Gasteiger partial charge in [-0.1, -0.05) is 29.8 Å². The molecule has 2 aromatic carbocycles. The van der Waals surface area contributed by atoms with Crippen molar-refractivity contribution in [3.05, 3.63) is 64.9 Å². The number of para-hydroxylation sites is 1. The molecule has 1 N–H and O–H groups in total. The Labute approximate surface area is 125 Å². The first-order valence-corrected chi connectivity index (χ1v) is 6.56. The molecule has 0 radical (unpaired) electrons. The van der Waals surface area contributed by atoms with Crippen molar-refractivity contribution in [3.63, 3.8) is 0 Å². The zero-order valence-corrected chi connectivity index (χ0v) is 11.5. The van der Waals surface area contributed by atoms with Crippen LogP contribution in [0.1, 0.15) is 5.56 Å². The second-order valence-electron chi connectivity index (χ2n) is 4.47. The van der Waals surface area contributed by atoms with E-state index in [4.69, 9.17) is 11.6 Å². The van der Waals surface area contributed by atoms with Crippen molar-refractivity contribution in [1.82, 2.24) is 4.98 Å². The number of nitrogens with one attached hydrogen (secondary N) is 1. The van der Waals surface area contributed by atoms with E-state index in [9.17, 15) is 9.65 Å². The molecule has 5 heteroatoms. The van der Waals surface area contributed by atoms with Gasteiger partial charge in [0, 0.05) is 16.1 Å². The number of pyridine rings is 1. The highest BCUT2D eigenvalue weighted by atomic mass is 35.5. The van der Waals surface area contributed by atoms with Crippen molar-refractivity contribution in [1.29, 1.82) is 5.26 Å². The monoisotopic (exact) mass is 297 g/mol. The topological polar surface area (TPSA) is 48.7 Å². The van der Waals surface area contributed by atoms with Gasteiger partial charge in [-0.25, -0.2) is 9.37 Å². The predicted molar refractivity (Wildman–Crippen MR) is 81.2 cm³/mol. The number of benzene rings is 2. The van der Waals surface area contributed by atoms with Crippen LogP contribution in [0.5, 0.6) is 0 Å². The molecule has 3 aromatic rings. The van der Waals surface area contributed by atoms with E-state index in [1.807, 2.05) is 24.3 Å². The fourth-order valence-electron chi connectivity index (χ4n) is 2.11. The van der Waals surface area contributed by atoms with Crippen LogP contribution >= 0.6 is 11.6 Å². The lowest BCUT2D eigenvalue weighted by molar-refractivity contribution is 0.628. The zero-order valence-electron chi connectivity index (χ0n) is 10.8. The number of hydrogen-bond acceptors (Lipinski definition) is 3. The minimum atomic E-state index is -0.439. The van der Waals surface area contributed by atoms with Crippen LogP contribution < -0.4 is 5.32 Å². The summed E-state index contributed by atoms with van der Waals surface area (Å²) < 4.78 is 13.3. The summed E-state index contributed by atoms with van der Waals surface area (Å²) in [4.78, 5) is 4.41. The van der Waals surface area contributed by atoms with Crippen molar-refractivity contribution >= 4 is 34.0 Å². The number of fused-ring (bicyclic) bond motifs is 1. The van der Waals surface area contributed by atoms with E-state index in [1.165, 1.54) is 12.1 Å². The highest BCUT2D eigenvalue weighted by Gasteiger charge is 2.06. The molecular weight excluding hydrogens is 289 g/mol. The van der Waals surface area contributed by atoms with Gasteiger partial charge in [-0.05, 0) is 30.3 Å². The van der Waals surface area contributed by atoms with Gasteiger partial charge >= 0.3 is 0 Å². The van der Waals surface area contributed by atoms with Gasteiger partial charge in [0.15, 0.2) is 0 Å². The van der Waals surface area contributed by atoms with E-state index in [0.717, 1.165) is 5.39 Å². The summed E-state index contributed by atoms with van der Waals surface area (Å²) in [6.45, 7) is 0. The van der Waals surface area contributed by atoms with Crippen LogP contribution in [-0.2, 0) is 0 Å². The maximum Gasteiger partial charge on any atom is 0.132 e. The molecule has 0 aliphatic carbocycles. The van der Waals surface area contributed by atoms with E-state index in [0.29, 0.717) is 27.6 Å². The second-order valence-corrected chi connectivity index (χ2v) is 4.90. The lowest BCUT2D eigenvalue weighted by Gasteiger charge is -2.08. The van der Waals surface area contributed by atoms with Gasteiger partial charge in [0.1, 0.15) is 11.6 Å². The minimum Gasteiger partial charge on any atom is -0.340 e. The van der Waals surface area contributed by atoms with Crippen molar-refractivity contribution in [2.24, 2.45) is 0 Å². The summed E-state index contributed by atoms with van der Waals surface area (Å²) >= 11 is 5.82. The van der Waals surface area contributed by atoms with Crippen LogP contribution in [0, 0.1) is 17.1 Å². The predicted octanol–water partition coefficient (Wildman–Crippen LogP) is 4.64. The molecule has 0 amide bonds. The Balaban J connectivity index is 2.07. The number of rotatable bonds is 2. The Hall–Kier alpha value is -2.64. The summed E-state index contributed by atoms with van der Waals surface area (Å²) in [5, 5.41) is 13.3. The number of hydrogen-bond donors (Lipinski definition) is 1. The molecule has 0 aliphatic rings. The maximum absolute atomic E-state index is 13.3. The molecule has 0 spiro atoms. The summed E-state index contributed by atoms with van der Waals surface area (Å²) in [7, 11) is 0. The first-order chi connectivity index (χ1) is 10.2. The molecule has 0 bridgehead atoms. The van der Waals surface area contributed by atoms with Crippen LogP contribution in [0.25, 0.3) is 10.9 Å². The third kappa shape index (κ3) is 2.78. The third-order valence-electron chi connectivity index (χ3n) is 2.97. The van der Waals surface area contributed by atoms with Crippen molar-refractivity contribution in [2.45, 2.75) is 0 Å². The summed E-state index contributed by atoms with van der Waals surface area (Å²) in [6.07, 6.45) is 0. The fraction of sp³-hybridized carbons (Fsp3) is 0. The van der Waals surface area contributed by atoms with E-state index < -0.39 is 5.82 Å². The standard InChI is InChI=1S/C16H9ClFN3/c17-11-6-12(18)8-13(7-11)20-16-5-10(9-19)14-3-1-2-4-15(14)21-16/h1-8H,(H,20,21). The summed E-state index contributed by atoms with van der Waals surface area (Å²) in [5.41, 5.74) is 1.68. The summed E-state index contributed by atoms with van der Waals surface area (Å²) in [5.74, 6) is 0.0261. The number of nitrogens with zero attached hydrogens (tertiary/aromatic N) is 2. The molecule has 0 aliphatic heterocycles. The van der Waals surface area contributed by atoms with Gasteiger partial charge in [0.25, 0.3) is 0 Å². The van der Waals surface area contributed by atoms with Crippen LogP contribution in [0.3, 0.4) is 0 Å². The molecule has 3 rings (SSSR count). The molecule has 0 saturated carbocycles. The second kappa shape index (κ2) is 5.39. The first kappa shape index (κ1) is 13.3. The lowest BCUT2D eigenvalue weighted by atomic mass is 10.1. The average molecular weight is 298 g/mol. The Morgan fingerprint density at radius 3 is 2.71 bits per heavy atom. The van der Waals surface area contributed by atoms with Gasteiger partial charge in [-0.2, -0.15) is 5.26 Å². The molecule has 1 aromatic heterocycles. The lowest BCUT2D eigenvalue weighted by Crippen LogP contribution is -1.96. The van der Waals surface area contributed by atoms with Crippen LogP contribution in [0.15, 0.2) is 48.5 Å². The van der Waals surface area contributed by atoms with Crippen LogP contribution in [0.4, 0.5) is 15.9 Å². The number of halogens is 2. The molecule has 3 nitrogen and oxygen atoms in total. The molecule has 21 heavy (non-hydrogen) atoms. The van der Waals surface area contributed by atoms with Gasteiger partial charge in [-0.15, -0.1) is 0 Å². The van der Waals surface area contributed by atoms with Crippen molar-refractivity contribution in [2.75, 3.05) is 5.32 Å². The fourth-order valence-corrected chi connectivity index (χ4v) is 2.33. The Morgan fingerprint density at radius 1 is 1.14 bits per heavy atom. The molecular formula is C16H9ClFN3. The van der Waals surface area contributed by atoms with Crippen molar-refractivity contribution < 1.29 is 4.39 Å². The minimum absolute atomic E-state index is 0.291.